The van der Waals surface area contributed by atoms with Crippen molar-refractivity contribution in [3.05, 3.63) is 23.8 Å². The molecular weight excluding hydrogens is 244 g/mol. The number of phenols is 1. The Morgan fingerprint density at radius 3 is 2.67 bits per heavy atom. The quantitative estimate of drug-likeness (QED) is 0.729. The van der Waals surface area contributed by atoms with Crippen LogP contribution in [-0.4, -0.2) is 36.4 Å². The van der Waals surface area contributed by atoms with Gasteiger partial charge in [0.25, 0.3) is 5.92 Å². The molecule has 3 N–H and O–H groups in total. The van der Waals surface area contributed by atoms with Crippen LogP contribution in [0.5, 0.6) is 11.5 Å². The van der Waals surface area contributed by atoms with Gasteiger partial charge in [0.2, 0.25) is 0 Å². The SMILES string of the molecule is COc1cc(C(C)NCC(F)(F)CO)ccc1O. The molecule has 0 fully saturated rings. The zero-order valence-corrected chi connectivity index (χ0v) is 10.3. The first-order chi connectivity index (χ1) is 8.39. The first-order valence-electron chi connectivity index (χ1n) is 5.48. The van der Waals surface area contributed by atoms with Crippen LogP contribution >= 0.6 is 0 Å². The lowest BCUT2D eigenvalue weighted by Crippen LogP contribution is -2.37. The molecule has 6 heteroatoms. The Bertz CT molecular complexity index is 399. The molecule has 0 aromatic heterocycles. The summed E-state index contributed by atoms with van der Waals surface area (Å²) in [6.45, 7) is -0.0985. The molecule has 4 nitrogen and oxygen atoms in total. The number of methoxy groups -OCH3 is 1. The predicted molar refractivity (Wildman–Crippen MR) is 63.1 cm³/mol. The number of ether oxygens (including phenoxy) is 1. The number of aromatic hydroxyl groups is 1. The number of aliphatic hydroxyl groups is 1. The van der Waals surface area contributed by atoms with Crippen molar-refractivity contribution >= 4 is 0 Å². The monoisotopic (exact) mass is 261 g/mol. The summed E-state index contributed by atoms with van der Waals surface area (Å²) >= 11 is 0. The average Bonchev–Trinajstić information content (AvgIpc) is 2.36. The van der Waals surface area contributed by atoms with Gasteiger partial charge in [-0.15, -0.1) is 0 Å². The van der Waals surface area contributed by atoms with E-state index in [-0.39, 0.29) is 17.5 Å². The number of halogens is 2. The third kappa shape index (κ3) is 3.82. The second kappa shape index (κ2) is 5.97. The van der Waals surface area contributed by atoms with Gasteiger partial charge >= 0.3 is 0 Å². The van der Waals surface area contributed by atoms with Crippen molar-refractivity contribution in [3.63, 3.8) is 0 Å². The Morgan fingerprint density at radius 1 is 1.44 bits per heavy atom. The summed E-state index contributed by atoms with van der Waals surface area (Å²) in [6.07, 6.45) is 0. The summed E-state index contributed by atoms with van der Waals surface area (Å²) in [6, 6.07) is 4.28. The van der Waals surface area contributed by atoms with E-state index in [1.165, 1.54) is 13.2 Å². The van der Waals surface area contributed by atoms with E-state index in [1.807, 2.05) is 0 Å². The van der Waals surface area contributed by atoms with Crippen molar-refractivity contribution in [2.24, 2.45) is 0 Å². The first kappa shape index (κ1) is 14.7. The van der Waals surface area contributed by atoms with Crippen molar-refractivity contribution in [1.29, 1.82) is 0 Å². The van der Waals surface area contributed by atoms with E-state index in [4.69, 9.17) is 9.84 Å². The molecule has 0 radical (unpaired) electrons. The Labute approximate surface area is 104 Å². The molecule has 102 valence electrons. The van der Waals surface area contributed by atoms with Gasteiger partial charge in [0.1, 0.15) is 6.61 Å². The molecule has 1 rings (SSSR count). The Hall–Kier alpha value is -1.40. The van der Waals surface area contributed by atoms with Crippen molar-refractivity contribution in [2.45, 2.75) is 18.9 Å². The lowest BCUT2D eigenvalue weighted by Gasteiger charge is -2.19. The van der Waals surface area contributed by atoms with E-state index in [0.29, 0.717) is 5.56 Å². The van der Waals surface area contributed by atoms with E-state index >= 15 is 0 Å². The van der Waals surface area contributed by atoms with E-state index in [1.54, 1.807) is 19.1 Å². The van der Waals surface area contributed by atoms with Crippen molar-refractivity contribution in [1.82, 2.24) is 5.32 Å². The normalized spacial score (nSPS) is 13.4. The van der Waals surface area contributed by atoms with Gasteiger partial charge in [0, 0.05) is 6.04 Å². The fourth-order valence-electron chi connectivity index (χ4n) is 1.44. The van der Waals surface area contributed by atoms with E-state index in [9.17, 15) is 13.9 Å². The number of alkyl halides is 2. The maximum absolute atomic E-state index is 12.9. The predicted octanol–water partition coefficient (Wildman–Crippen LogP) is 1.68. The molecule has 0 aliphatic heterocycles. The highest BCUT2D eigenvalue weighted by atomic mass is 19.3. The van der Waals surface area contributed by atoms with Crippen LogP contribution in [0.3, 0.4) is 0 Å². The molecular formula is C12H17F2NO3. The van der Waals surface area contributed by atoms with Crippen LogP contribution in [0.25, 0.3) is 0 Å². The van der Waals surface area contributed by atoms with Gasteiger partial charge in [-0.3, -0.25) is 0 Å². The zero-order valence-electron chi connectivity index (χ0n) is 10.3. The minimum atomic E-state index is -3.14. The van der Waals surface area contributed by atoms with Crippen LogP contribution in [0.4, 0.5) is 8.78 Å². The Morgan fingerprint density at radius 2 is 2.11 bits per heavy atom. The van der Waals surface area contributed by atoms with Gasteiger partial charge in [-0.2, -0.15) is 0 Å². The minimum absolute atomic E-state index is 0.00543. The lowest BCUT2D eigenvalue weighted by molar-refractivity contribution is -0.0490. The molecule has 1 aromatic carbocycles. The maximum atomic E-state index is 12.9. The molecule has 18 heavy (non-hydrogen) atoms. The van der Waals surface area contributed by atoms with Crippen LogP contribution in [0.1, 0.15) is 18.5 Å². The van der Waals surface area contributed by atoms with Gasteiger partial charge in [-0.1, -0.05) is 6.07 Å². The Kier molecular flexibility index (Phi) is 4.86. The summed E-state index contributed by atoms with van der Waals surface area (Å²) in [4.78, 5) is 0. The van der Waals surface area contributed by atoms with Crippen LogP contribution in [0.15, 0.2) is 18.2 Å². The highest BCUT2D eigenvalue weighted by Gasteiger charge is 2.28. The molecule has 0 saturated heterocycles. The lowest BCUT2D eigenvalue weighted by atomic mass is 10.1. The van der Waals surface area contributed by atoms with Gasteiger partial charge in [0.05, 0.1) is 13.7 Å². The molecule has 0 spiro atoms. The molecule has 0 bridgehead atoms. The van der Waals surface area contributed by atoms with Gasteiger partial charge in [0.15, 0.2) is 11.5 Å². The minimum Gasteiger partial charge on any atom is -0.504 e. The molecule has 0 aliphatic carbocycles. The third-order valence-corrected chi connectivity index (χ3v) is 2.60. The van der Waals surface area contributed by atoms with Gasteiger partial charge in [-0.25, -0.2) is 8.78 Å². The highest BCUT2D eigenvalue weighted by Crippen LogP contribution is 2.29. The molecule has 0 saturated carbocycles. The van der Waals surface area contributed by atoms with Crippen LogP contribution in [-0.2, 0) is 0 Å². The van der Waals surface area contributed by atoms with Crippen molar-refractivity contribution in [2.75, 3.05) is 20.3 Å². The molecule has 0 aliphatic rings. The second-order valence-corrected chi connectivity index (χ2v) is 4.05. The van der Waals surface area contributed by atoms with Crippen LogP contribution < -0.4 is 10.1 Å². The third-order valence-electron chi connectivity index (χ3n) is 2.60. The number of rotatable bonds is 6. The maximum Gasteiger partial charge on any atom is 0.282 e. The summed E-state index contributed by atoms with van der Waals surface area (Å²) in [7, 11) is 1.41. The van der Waals surface area contributed by atoms with Gasteiger partial charge < -0.3 is 20.3 Å². The second-order valence-electron chi connectivity index (χ2n) is 4.05. The van der Waals surface area contributed by atoms with Crippen LogP contribution in [0.2, 0.25) is 0 Å². The number of benzene rings is 1. The number of aliphatic hydroxyl groups excluding tert-OH is 1. The molecule has 0 heterocycles. The van der Waals surface area contributed by atoms with Gasteiger partial charge in [-0.05, 0) is 24.6 Å². The van der Waals surface area contributed by atoms with Crippen LogP contribution in [0, 0.1) is 0 Å². The first-order valence-corrected chi connectivity index (χ1v) is 5.48. The van der Waals surface area contributed by atoms with Crippen molar-refractivity contribution < 1.29 is 23.7 Å². The smallest absolute Gasteiger partial charge is 0.282 e. The molecule has 1 unspecified atom stereocenters. The van der Waals surface area contributed by atoms with Crippen molar-refractivity contribution in [3.8, 4) is 11.5 Å². The standard InChI is InChI=1S/C12H17F2NO3/c1-8(15-6-12(13,14)7-16)9-3-4-10(17)11(5-9)18-2/h3-5,8,15-17H,6-7H2,1-2H3. The zero-order chi connectivity index (χ0) is 13.8. The topological polar surface area (TPSA) is 61.7 Å². The number of hydrogen-bond donors (Lipinski definition) is 3. The number of hydrogen-bond acceptors (Lipinski definition) is 4. The summed E-state index contributed by atoms with van der Waals surface area (Å²) < 4.78 is 30.7. The molecule has 1 aromatic rings. The summed E-state index contributed by atoms with van der Waals surface area (Å²) in [5.74, 6) is -2.86. The fourth-order valence-corrected chi connectivity index (χ4v) is 1.44. The molecule has 1 atom stereocenters. The summed E-state index contributed by atoms with van der Waals surface area (Å²) in [5, 5.41) is 20.5. The number of phenolic OH excluding ortho intramolecular Hbond substituents is 1. The van der Waals surface area contributed by atoms with E-state index in [0.717, 1.165) is 0 Å². The number of nitrogens with one attached hydrogen (secondary N) is 1. The average molecular weight is 261 g/mol. The summed E-state index contributed by atoms with van der Waals surface area (Å²) in [5.41, 5.74) is 0.707. The van der Waals surface area contributed by atoms with E-state index < -0.39 is 19.1 Å². The highest BCUT2D eigenvalue weighted by molar-refractivity contribution is 5.42. The fraction of sp³-hybridized carbons (Fsp3) is 0.500. The largest absolute Gasteiger partial charge is 0.504 e. The Balaban J connectivity index is 2.70. The molecule has 0 amide bonds. The van der Waals surface area contributed by atoms with E-state index in [2.05, 4.69) is 5.32 Å².